The summed E-state index contributed by atoms with van der Waals surface area (Å²) < 4.78 is 30.5. The van der Waals surface area contributed by atoms with Gasteiger partial charge in [0.25, 0.3) is 0 Å². The molecular formula is C24H32F2N4O2. The van der Waals surface area contributed by atoms with Crippen LogP contribution in [0.3, 0.4) is 0 Å². The van der Waals surface area contributed by atoms with E-state index in [1.54, 1.807) is 11.8 Å². The fourth-order valence-electron chi connectivity index (χ4n) is 4.16. The Labute approximate surface area is 188 Å². The minimum absolute atomic E-state index is 0.00410. The number of para-hydroxylation sites is 1. The Morgan fingerprint density at radius 2 is 1.97 bits per heavy atom. The fourth-order valence-corrected chi connectivity index (χ4v) is 4.16. The molecule has 2 heterocycles. The van der Waals surface area contributed by atoms with Crippen molar-refractivity contribution in [1.29, 1.82) is 0 Å². The number of rotatable bonds is 7. The molecule has 0 spiro atoms. The molecule has 32 heavy (non-hydrogen) atoms. The maximum Gasteiger partial charge on any atom is 0.387 e. The summed E-state index contributed by atoms with van der Waals surface area (Å²) in [4.78, 5) is 21.9. The predicted molar refractivity (Wildman–Crippen MR) is 123 cm³/mol. The highest BCUT2D eigenvalue weighted by Crippen LogP contribution is 2.33. The molecular weight excluding hydrogens is 414 g/mol. The molecule has 1 aromatic carbocycles. The third kappa shape index (κ3) is 5.73. The Kier molecular flexibility index (Phi) is 8.01. The number of carbonyl (C=O) groups is 1. The van der Waals surface area contributed by atoms with Crippen LogP contribution in [0.2, 0.25) is 0 Å². The Balaban J connectivity index is 1.95. The summed E-state index contributed by atoms with van der Waals surface area (Å²) in [5.74, 6) is 0.120. The number of piperidine rings is 1. The van der Waals surface area contributed by atoms with Gasteiger partial charge in [0.1, 0.15) is 5.69 Å². The molecule has 1 N–H and O–H groups in total. The van der Waals surface area contributed by atoms with Gasteiger partial charge >= 0.3 is 12.6 Å². The average molecular weight is 447 g/mol. The van der Waals surface area contributed by atoms with Gasteiger partial charge in [0.2, 0.25) is 0 Å². The number of aryl methyl sites for hydroxylation is 1. The van der Waals surface area contributed by atoms with E-state index in [0.717, 1.165) is 43.7 Å². The molecule has 0 saturated carbocycles. The van der Waals surface area contributed by atoms with Crippen molar-refractivity contribution >= 4 is 17.4 Å². The highest BCUT2D eigenvalue weighted by atomic mass is 19.3. The van der Waals surface area contributed by atoms with Crippen molar-refractivity contribution in [3.63, 3.8) is 0 Å². The lowest BCUT2D eigenvalue weighted by molar-refractivity contribution is -0.0494. The second kappa shape index (κ2) is 10.7. The van der Waals surface area contributed by atoms with E-state index in [1.165, 1.54) is 12.3 Å². The number of amides is 2. The SMILES string of the molecule is CCN1CCC(N(C(=O)Nc2cnc(C)cc2OC(F)F)c2ccccc2C(C)C)CC1. The first-order valence-corrected chi connectivity index (χ1v) is 11.1. The molecule has 1 aliphatic heterocycles. The highest BCUT2D eigenvalue weighted by Gasteiger charge is 2.31. The molecule has 8 heteroatoms. The van der Waals surface area contributed by atoms with E-state index < -0.39 is 6.61 Å². The molecule has 1 aromatic heterocycles. The first kappa shape index (κ1) is 23.9. The monoisotopic (exact) mass is 446 g/mol. The summed E-state index contributed by atoms with van der Waals surface area (Å²) in [5, 5.41) is 2.78. The number of anilines is 2. The minimum Gasteiger partial charge on any atom is -0.432 e. The molecule has 1 aliphatic rings. The van der Waals surface area contributed by atoms with Crippen molar-refractivity contribution < 1.29 is 18.3 Å². The number of pyridine rings is 1. The van der Waals surface area contributed by atoms with Crippen LogP contribution in [0, 0.1) is 6.92 Å². The number of hydrogen-bond acceptors (Lipinski definition) is 4. The number of likely N-dealkylation sites (tertiary alicyclic amines) is 1. The number of nitrogens with one attached hydrogen (secondary N) is 1. The minimum atomic E-state index is -3.00. The lowest BCUT2D eigenvalue weighted by Gasteiger charge is -2.39. The molecule has 1 saturated heterocycles. The highest BCUT2D eigenvalue weighted by molar-refractivity contribution is 6.03. The van der Waals surface area contributed by atoms with Gasteiger partial charge in [0.15, 0.2) is 5.75 Å². The van der Waals surface area contributed by atoms with E-state index in [0.29, 0.717) is 5.69 Å². The molecule has 1 fully saturated rings. The van der Waals surface area contributed by atoms with Crippen LogP contribution in [0.25, 0.3) is 0 Å². The zero-order valence-electron chi connectivity index (χ0n) is 19.1. The summed E-state index contributed by atoms with van der Waals surface area (Å²) >= 11 is 0. The number of halogens is 2. The maximum absolute atomic E-state index is 13.6. The van der Waals surface area contributed by atoms with Crippen LogP contribution in [-0.4, -0.2) is 48.2 Å². The standard InChI is InChI=1S/C24H32F2N4O2/c1-5-29-12-10-18(11-13-29)30(21-9-7-6-8-19(21)16(2)3)24(31)28-20-15-27-17(4)14-22(20)32-23(25)26/h6-9,14-16,18,23H,5,10-13H2,1-4H3,(H,28,31). The van der Waals surface area contributed by atoms with E-state index in [4.69, 9.17) is 0 Å². The van der Waals surface area contributed by atoms with E-state index in [1.807, 2.05) is 24.3 Å². The first-order chi connectivity index (χ1) is 15.3. The molecule has 0 bridgehead atoms. The third-order valence-electron chi connectivity index (χ3n) is 5.87. The van der Waals surface area contributed by atoms with Gasteiger partial charge in [-0.1, -0.05) is 39.0 Å². The van der Waals surface area contributed by atoms with Crippen LogP contribution in [0.4, 0.5) is 25.0 Å². The first-order valence-electron chi connectivity index (χ1n) is 11.1. The fraction of sp³-hybridized carbons (Fsp3) is 0.500. The molecule has 2 amide bonds. The lowest BCUT2D eigenvalue weighted by atomic mass is 9.97. The van der Waals surface area contributed by atoms with Gasteiger partial charge in [-0.3, -0.25) is 9.88 Å². The lowest BCUT2D eigenvalue weighted by Crippen LogP contribution is -2.49. The number of benzene rings is 1. The number of aromatic nitrogens is 1. The van der Waals surface area contributed by atoms with Crippen LogP contribution in [0.1, 0.15) is 50.8 Å². The van der Waals surface area contributed by atoms with E-state index in [9.17, 15) is 13.6 Å². The largest absolute Gasteiger partial charge is 0.432 e. The number of nitrogens with zero attached hydrogens (tertiary/aromatic N) is 3. The predicted octanol–water partition coefficient (Wildman–Crippen LogP) is 5.64. The van der Waals surface area contributed by atoms with Gasteiger partial charge in [0, 0.05) is 36.6 Å². The van der Waals surface area contributed by atoms with Crippen LogP contribution in [0.5, 0.6) is 5.75 Å². The number of urea groups is 1. The van der Waals surface area contributed by atoms with Gasteiger partial charge in [-0.05, 0) is 43.9 Å². The molecule has 0 atom stereocenters. The van der Waals surface area contributed by atoms with Gasteiger partial charge in [0.05, 0.1) is 6.20 Å². The number of ether oxygens (including phenoxy) is 1. The Morgan fingerprint density at radius 3 is 2.59 bits per heavy atom. The number of carbonyl (C=O) groups excluding carboxylic acids is 1. The molecule has 0 aliphatic carbocycles. The van der Waals surface area contributed by atoms with Gasteiger partial charge in [-0.2, -0.15) is 8.78 Å². The number of alkyl halides is 2. The molecule has 0 radical (unpaired) electrons. The van der Waals surface area contributed by atoms with Crippen LogP contribution < -0.4 is 15.0 Å². The van der Waals surface area contributed by atoms with Crippen LogP contribution >= 0.6 is 0 Å². The maximum atomic E-state index is 13.6. The number of hydrogen-bond donors (Lipinski definition) is 1. The summed E-state index contributed by atoms with van der Waals surface area (Å²) in [6.45, 7) is 7.78. The summed E-state index contributed by atoms with van der Waals surface area (Å²) in [6.07, 6.45) is 3.03. The zero-order valence-corrected chi connectivity index (χ0v) is 19.1. The van der Waals surface area contributed by atoms with Gasteiger partial charge < -0.3 is 15.0 Å². The van der Waals surface area contributed by atoms with Crippen molar-refractivity contribution in [2.75, 3.05) is 29.9 Å². The van der Waals surface area contributed by atoms with Crippen LogP contribution in [0.15, 0.2) is 36.5 Å². The van der Waals surface area contributed by atoms with E-state index >= 15 is 0 Å². The molecule has 6 nitrogen and oxygen atoms in total. The van der Waals surface area contributed by atoms with Crippen molar-refractivity contribution in [3.8, 4) is 5.75 Å². The Bertz CT molecular complexity index is 915. The quantitative estimate of drug-likeness (QED) is 0.598. The van der Waals surface area contributed by atoms with Crippen molar-refractivity contribution in [3.05, 3.63) is 47.8 Å². The van der Waals surface area contributed by atoms with Gasteiger partial charge in [-0.15, -0.1) is 0 Å². The van der Waals surface area contributed by atoms with Gasteiger partial charge in [-0.25, -0.2) is 4.79 Å². The van der Waals surface area contributed by atoms with E-state index in [-0.39, 0.29) is 29.4 Å². The molecule has 3 rings (SSSR count). The summed E-state index contributed by atoms with van der Waals surface area (Å²) in [6, 6.07) is 8.88. The zero-order chi connectivity index (χ0) is 23.3. The molecule has 174 valence electrons. The van der Waals surface area contributed by atoms with Crippen molar-refractivity contribution in [1.82, 2.24) is 9.88 Å². The van der Waals surface area contributed by atoms with E-state index in [2.05, 4.69) is 40.7 Å². The second-order valence-corrected chi connectivity index (χ2v) is 8.38. The Hall–Kier alpha value is -2.74. The smallest absolute Gasteiger partial charge is 0.387 e. The summed E-state index contributed by atoms with van der Waals surface area (Å²) in [7, 11) is 0. The van der Waals surface area contributed by atoms with Crippen LogP contribution in [-0.2, 0) is 0 Å². The molecule has 0 unspecified atom stereocenters. The van der Waals surface area contributed by atoms with Crippen molar-refractivity contribution in [2.24, 2.45) is 0 Å². The topological polar surface area (TPSA) is 57.7 Å². The summed E-state index contributed by atoms with van der Waals surface area (Å²) in [5.41, 5.74) is 2.55. The molecule has 2 aromatic rings. The van der Waals surface area contributed by atoms with Crippen molar-refractivity contribution in [2.45, 2.75) is 59.1 Å². The Morgan fingerprint density at radius 1 is 1.28 bits per heavy atom. The third-order valence-corrected chi connectivity index (χ3v) is 5.87. The second-order valence-electron chi connectivity index (χ2n) is 8.38. The average Bonchev–Trinajstić information content (AvgIpc) is 2.76. The normalized spacial score (nSPS) is 15.2.